The Morgan fingerprint density at radius 1 is 1.12 bits per heavy atom. The second-order valence-electron chi connectivity index (χ2n) is 6.18. The van der Waals surface area contributed by atoms with Crippen LogP contribution in [0.5, 0.6) is 11.5 Å². The number of anilines is 2. The topological polar surface area (TPSA) is 50.8 Å². The van der Waals surface area contributed by atoms with E-state index in [9.17, 15) is 4.79 Å². The third-order valence-electron chi connectivity index (χ3n) is 4.77. The Balaban J connectivity index is 1.66. The minimum atomic E-state index is -0.385. The van der Waals surface area contributed by atoms with Crippen LogP contribution in [0, 0.1) is 0 Å². The molecule has 24 heavy (non-hydrogen) atoms. The molecular formula is C18H16N2O3S. The molecule has 1 amide bonds. The summed E-state index contributed by atoms with van der Waals surface area (Å²) in [6.07, 6.45) is 0.909. The highest BCUT2D eigenvalue weighted by atomic mass is 32.2. The molecule has 0 aromatic heterocycles. The zero-order valence-electron chi connectivity index (χ0n) is 13.0. The first-order valence-corrected chi connectivity index (χ1v) is 9.12. The number of carbonyl (C=O) groups excluding carboxylic acids is 1. The van der Waals surface area contributed by atoms with Gasteiger partial charge in [-0.1, -0.05) is 12.1 Å². The smallest absolute Gasteiger partial charge is 0.262 e. The largest absolute Gasteiger partial charge is 0.454 e. The Bertz CT molecular complexity index is 833. The van der Waals surface area contributed by atoms with Crippen molar-refractivity contribution in [3.05, 3.63) is 48.0 Å². The molecule has 6 heteroatoms. The number of hydrogen-bond acceptors (Lipinski definition) is 5. The van der Waals surface area contributed by atoms with Gasteiger partial charge in [-0.2, -0.15) is 11.8 Å². The van der Waals surface area contributed by atoms with E-state index in [1.807, 2.05) is 59.1 Å². The first kappa shape index (κ1) is 14.0. The van der Waals surface area contributed by atoms with Gasteiger partial charge in [-0.15, -0.1) is 0 Å². The van der Waals surface area contributed by atoms with Crippen molar-refractivity contribution in [2.24, 2.45) is 0 Å². The molecule has 3 heterocycles. The summed E-state index contributed by atoms with van der Waals surface area (Å²) in [6.45, 7) is 0.231. The molecule has 1 N–H and O–H groups in total. The van der Waals surface area contributed by atoms with E-state index in [0.717, 1.165) is 35.1 Å². The van der Waals surface area contributed by atoms with Gasteiger partial charge in [-0.05, 0) is 36.4 Å². The summed E-state index contributed by atoms with van der Waals surface area (Å²) < 4.78 is 10.9. The van der Waals surface area contributed by atoms with Crippen molar-refractivity contribution in [1.82, 2.24) is 0 Å². The summed E-state index contributed by atoms with van der Waals surface area (Å²) in [4.78, 5) is 15.2. The van der Waals surface area contributed by atoms with Crippen molar-refractivity contribution in [2.45, 2.75) is 12.1 Å². The van der Waals surface area contributed by atoms with E-state index in [2.05, 4.69) is 5.32 Å². The van der Waals surface area contributed by atoms with Crippen LogP contribution in [0.2, 0.25) is 0 Å². The fraction of sp³-hybridized carbons (Fsp3) is 0.278. The molecule has 1 unspecified atom stereocenters. The van der Waals surface area contributed by atoms with Crippen molar-refractivity contribution in [3.63, 3.8) is 0 Å². The van der Waals surface area contributed by atoms with Gasteiger partial charge in [0.25, 0.3) is 5.91 Å². The van der Waals surface area contributed by atoms with Crippen LogP contribution in [-0.4, -0.2) is 29.9 Å². The van der Waals surface area contributed by atoms with Crippen LogP contribution in [-0.2, 0) is 0 Å². The second-order valence-corrected chi connectivity index (χ2v) is 7.29. The fourth-order valence-corrected chi connectivity index (χ4v) is 4.93. The fourth-order valence-electron chi connectivity index (χ4n) is 3.62. The van der Waals surface area contributed by atoms with Gasteiger partial charge in [-0.3, -0.25) is 9.69 Å². The maximum Gasteiger partial charge on any atom is 0.262 e. The molecule has 0 saturated carbocycles. The lowest BCUT2D eigenvalue weighted by Crippen LogP contribution is -2.60. The average molecular weight is 340 g/mol. The number of hydrogen-bond donors (Lipinski definition) is 1. The van der Waals surface area contributed by atoms with Gasteiger partial charge in [0.1, 0.15) is 5.66 Å². The van der Waals surface area contributed by atoms with Crippen LogP contribution in [0.4, 0.5) is 11.4 Å². The lowest BCUT2D eigenvalue weighted by molar-refractivity contribution is 0.0959. The number of benzene rings is 2. The van der Waals surface area contributed by atoms with Gasteiger partial charge in [-0.25, -0.2) is 0 Å². The molecule has 0 radical (unpaired) electrons. The molecule has 5 nitrogen and oxygen atoms in total. The summed E-state index contributed by atoms with van der Waals surface area (Å²) in [6, 6.07) is 13.4. The molecule has 1 fully saturated rings. The van der Waals surface area contributed by atoms with E-state index in [1.165, 1.54) is 0 Å². The zero-order valence-corrected chi connectivity index (χ0v) is 13.8. The average Bonchev–Trinajstić information content (AvgIpc) is 3.24. The van der Waals surface area contributed by atoms with Gasteiger partial charge >= 0.3 is 0 Å². The first-order chi connectivity index (χ1) is 11.8. The van der Waals surface area contributed by atoms with Crippen molar-refractivity contribution >= 4 is 29.0 Å². The van der Waals surface area contributed by atoms with E-state index in [1.54, 1.807) is 0 Å². The van der Waals surface area contributed by atoms with Crippen LogP contribution in [0.1, 0.15) is 16.8 Å². The van der Waals surface area contributed by atoms with Crippen LogP contribution in [0.3, 0.4) is 0 Å². The molecule has 3 aliphatic heterocycles. The number of para-hydroxylation sites is 1. The van der Waals surface area contributed by atoms with Gasteiger partial charge < -0.3 is 14.8 Å². The Hall–Kier alpha value is -2.34. The standard InChI is InChI=1S/C18H16N2O3S/c21-17-13-3-1-2-4-14(13)19-18(7-8-24-10-18)20(17)12-5-6-15-16(9-12)23-11-22-15/h1-6,9,19H,7-8,10-11H2. The lowest BCUT2D eigenvalue weighted by atomic mass is 9.97. The Labute approximate surface area is 143 Å². The van der Waals surface area contributed by atoms with Crippen LogP contribution < -0.4 is 19.7 Å². The number of thioether (sulfide) groups is 1. The number of nitrogens with one attached hydrogen (secondary N) is 1. The highest BCUT2D eigenvalue weighted by Crippen LogP contribution is 2.44. The lowest BCUT2D eigenvalue weighted by Gasteiger charge is -2.46. The molecule has 2 aromatic carbocycles. The monoisotopic (exact) mass is 340 g/mol. The van der Waals surface area contributed by atoms with Crippen molar-refractivity contribution < 1.29 is 14.3 Å². The summed E-state index contributed by atoms with van der Waals surface area (Å²) in [5, 5.41) is 3.63. The van der Waals surface area contributed by atoms with Gasteiger partial charge in [0, 0.05) is 17.5 Å². The highest BCUT2D eigenvalue weighted by Gasteiger charge is 2.47. The molecular weight excluding hydrogens is 324 g/mol. The highest BCUT2D eigenvalue weighted by molar-refractivity contribution is 7.99. The summed E-state index contributed by atoms with van der Waals surface area (Å²) in [5.74, 6) is 3.35. The minimum Gasteiger partial charge on any atom is -0.454 e. The molecule has 1 atom stereocenters. The molecule has 122 valence electrons. The molecule has 1 spiro atoms. The predicted octanol–water partition coefficient (Wildman–Crippen LogP) is 3.32. The Morgan fingerprint density at radius 3 is 2.88 bits per heavy atom. The third-order valence-corrected chi connectivity index (χ3v) is 5.95. The maximum absolute atomic E-state index is 13.3. The van der Waals surface area contributed by atoms with E-state index < -0.39 is 0 Å². The number of ether oxygens (including phenoxy) is 2. The zero-order chi connectivity index (χ0) is 16.1. The number of fused-ring (bicyclic) bond motifs is 2. The normalized spacial score (nSPS) is 24.2. The van der Waals surface area contributed by atoms with Crippen LogP contribution in [0.15, 0.2) is 42.5 Å². The minimum absolute atomic E-state index is 0.0331. The van der Waals surface area contributed by atoms with Crippen LogP contribution >= 0.6 is 11.8 Å². The van der Waals surface area contributed by atoms with Crippen molar-refractivity contribution in [1.29, 1.82) is 0 Å². The molecule has 3 aliphatic rings. The van der Waals surface area contributed by atoms with E-state index >= 15 is 0 Å². The van der Waals surface area contributed by atoms with E-state index in [-0.39, 0.29) is 18.4 Å². The van der Waals surface area contributed by atoms with E-state index in [0.29, 0.717) is 11.3 Å². The number of amides is 1. The maximum atomic E-state index is 13.3. The Morgan fingerprint density at radius 2 is 2.00 bits per heavy atom. The Kier molecular flexibility index (Phi) is 2.97. The van der Waals surface area contributed by atoms with Gasteiger partial charge in [0.15, 0.2) is 11.5 Å². The van der Waals surface area contributed by atoms with Crippen molar-refractivity contribution in [3.8, 4) is 11.5 Å². The van der Waals surface area contributed by atoms with Gasteiger partial charge in [0.2, 0.25) is 6.79 Å². The quantitative estimate of drug-likeness (QED) is 0.863. The first-order valence-electron chi connectivity index (χ1n) is 7.96. The van der Waals surface area contributed by atoms with Crippen LogP contribution in [0.25, 0.3) is 0 Å². The van der Waals surface area contributed by atoms with E-state index in [4.69, 9.17) is 9.47 Å². The van der Waals surface area contributed by atoms with Gasteiger partial charge in [0.05, 0.1) is 11.3 Å². The number of nitrogens with zero attached hydrogens (tertiary/aromatic N) is 1. The second kappa shape index (κ2) is 5.08. The summed E-state index contributed by atoms with van der Waals surface area (Å²) in [5.41, 5.74) is 2.08. The third kappa shape index (κ3) is 1.92. The predicted molar refractivity (Wildman–Crippen MR) is 94.1 cm³/mol. The summed E-state index contributed by atoms with van der Waals surface area (Å²) >= 11 is 1.87. The SMILES string of the molecule is O=C1c2ccccc2NC2(CCSC2)N1c1ccc2c(c1)OCO2. The molecule has 0 bridgehead atoms. The molecule has 5 rings (SSSR count). The summed E-state index contributed by atoms with van der Waals surface area (Å²) in [7, 11) is 0. The molecule has 1 saturated heterocycles. The number of carbonyl (C=O) groups is 1. The molecule has 0 aliphatic carbocycles. The number of rotatable bonds is 1. The van der Waals surface area contributed by atoms with Crippen molar-refractivity contribution in [2.75, 3.05) is 28.5 Å². The molecule has 2 aromatic rings.